The van der Waals surface area contributed by atoms with E-state index in [0.717, 1.165) is 0 Å². The summed E-state index contributed by atoms with van der Waals surface area (Å²) in [6.07, 6.45) is 7.82. The topological polar surface area (TPSA) is 86.0 Å². The van der Waals surface area contributed by atoms with Crippen LogP contribution in [0, 0.1) is 0 Å². The molecule has 1 aromatic carbocycles. The van der Waals surface area contributed by atoms with Gasteiger partial charge in [0.2, 0.25) is 0 Å². The van der Waals surface area contributed by atoms with Crippen LogP contribution in [0.15, 0.2) is 78.7 Å². The monoisotopic (exact) mass is 1300 g/mol. The van der Waals surface area contributed by atoms with Gasteiger partial charge >= 0.3 is 0 Å². The van der Waals surface area contributed by atoms with Crippen molar-refractivity contribution in [3.63, 3.8) is 0 Å². The van der Waals surface area contributed by atoms with E-state index >= 15 is 0 Å². The van der Waals surface area contributed by atoms with Gasteiger partial charge in [0, 0.05) is 61.7 Å². The Labute approximate surface area is 581 Å². The van der Waals surface area contributed by atoms with Crippen molar-refractivity contribution in [1.82, 2.24) is 30.4 Å². The number of nitrogens with zero attached hydrogens (tertiary/aromatic N) is 3. The number of pyridine rings is 1. The first kappa shape index (κ1) is 98.8. The minimum atomic E-state index is 0.129. The normalized spacial score (nSPS) is 11.9. The second kappa shape index (κ2) is 41.7. The predicted octanol–water partition coefficient (Wildman–Crippen LogP) is 28.1. The first-order valence-electron chi connectivity index (χ1n) is 35.8. The summed E-state index contributed by atoms with van der Waals surface area (Å²) in [5.74, 6) is 0. The van der Waals surface area contributed by atoms with Gasteiger partial charge in [-0.25, -0.2) is 0 Å². The van der Waals surface area contributed by atoms with Crippen molar-refractivity contribution in [3.8, 4) is 0 Å². The molecule has 0 bridgehead atoms. The van der Waals surface area contributed by atoms with E-state index in [1.54, 1.807) is 0 Å². The molecule has 0 fully saturated rings. The van der Waals surface area contributed by atoms with Crippen LogP contribution < -0.4 is 0 Å². The van der Waals surface area contributed by atoms with E-state index in [-0.39, 0.29) is 65.0 Å². The van der Waals surface area contributed by atoms with E-state index in [9.17, 15) is 0 Å². The van der Waals surface area contributed by atoms with Crippen LogP contribution in [-0.2, 0) is 65.0 Å². The van der Waals surface area contributed by atoms with Crippen LogP contribution in [0.3, 0.4) is 0 Å². The largest absolute Gasteiger partial charge is 0.364 e. The van der Waals surface area contributed by atoms with Crippen molar-refractivity contribution >= 4 is 11.3 Å². The van der Waals surface area contributed by atoms with Crippen molar-refractivity contribution in [2.45, 2.75) is 397 Å². The Morgan fingerprint density at radius 3 is 0.783 bits per heavy atom. The van der Waals surface area contributed by atoms with E-state index < -0.39 is 0 Å². The van der Waals surface area contributed by atoms with Gasteiger partial charge in [-0.15, -0.1) is 11.3 Å². The van der Waals surface area contributed by atoms with Crippen molar-refractivity contribution in [2.24, 2.45) is 0 Å². The molecule has 0 amide bonds. The minimum Gasteiger partial charge on any atom is -0.364 e. The smallest absolute Gasteiger partial charge is 0.0527 e. The molecule has 536 valence electrons. The quantitative estimate of drug-likeness (QED) is 0.142. The second-order valence-electron chi connectivity index (χ2n) is 34.7. The summed E-state index contributed by atoms with van der Waals surface area (Å²) in [6, 6.07) is 17.4. The molecule has 0 aliphatic heterocycles. The number of hydrogen-bond acceptors (Lipinski definition) is 4. The first-order chi connectivity index (χ1) is 41.4. The molecule has 0 atom stereocenters. The highest BCUT2D eigenvalue weighted by atomic mass is 32.1. The van der Waals surface area contributed by atoms with Gasteiger partial charge in [0.05, 0.1) is 12.4 Å². The molecule has 6 aromatic rings. The SMILES string of the molecule is CC.CC.CC.CC.CC.CC.CC(C)(C)c1cc[nH]c1C(C)(C)C.CC(C)(C)c1ccccc1C(C)(C)C.CC(C)(C)c1cccnc1C(C)(C)C.CC(C)(C)c1ccsc1C(C)(C)C.CC(C)(C)c1cn[nH]c1C(C)(C)C.CC(C)(C)c1cn[nH]c1C(C)(C)C. The third-order valence-corrected chi connectivity index (χ3v) is 15.1. The second-order valence-corrected chi connectivity index (χ2v) is 35.6. The van der Waals surface area contributed by atoms with Gasteiger partial charge in [-0.1, -0.05) is 363 Å². The molecular formula is C85H160N6S. The van der Waals surface area contributed by atoms with Crippen LogP contribution in [0.4, 0.5) is 0 Å². The number of rotatable bonds is 0. The summed E-state index contributed by atoms with van der Waals surface area (Å²) in [5.41, 5.74) is 17.4. The number of nitrogens with one attached hydrogen (secondary N) is 3. The van der Waals surface area contributed by atoms with Crippen LogP contribution in [-0.4, -0.2) is 30.4 Å². The van der Waals surface area contributed by atoms with Crippen LogP contribution in [0.25, 0.3) is 0 Å². The van der Waals surface area contributed by atoms with Gasteiger partial charge in [-0.2, -0.15) is 10.2 Å². The Morgan fingerprint density at radius 1 is 0.272 bits per heavy atom. The standard InChI is InChI=1S/C14H22.C13H21N.C12H21N.C12H20S.2C11H20N2.6C2H6/c1-13(2,3)11-9-7-8-10-12(11)14(4,5)6;1-12(2,3)10-8-7-9-14-11(10)13(4,5)6;2*1-11(2,3)9-7-8-13-10(9)12(4,5)6;2*1-10(2,3)8-7-12-13-9(8)11(4,5)6;6*1-2/h7-10H,1-6H3;7-9H,1-6H3;7-8,13H,1-6H3;7-8H,1-6H3;2*7H,1-6H3,(H,12,13);6*1-2H3. The van der Waals surface area contributed by atoms with E-state index in [2.05, 4.69) is 327 Å². The fourth-order valence-corrected chi connectivity index (χ4v) is 10.5. The molecule has 6 nitrogen and oxygen atoms in total. The summed E-state index contributed by atoms with van der Waals surface area (Å²) in [5, 5.41) is 16.7. The maximum Gasteiger partial charge on any atom is 0.0527 e. The van der Waals surface area contributed by atoms with Crippen LogP contribution in [0.1, 0.15) is 399 Å². The number of hydrogen-bond donors (Lipinski definition) is 3. The summed E-state index contributed by atoms with van der Waals surface area (Å²) in [7, 11) is 0. The molecule has 0 aliphatic rings. The molecule has 5 heterocycles. The summed E-state index contributed by atoms with van der Waals surface area (Å²) >= 11 is 1.88. The van der Waals surface area contributed by atoms with Gasteiger partial charge in [-0.3, -0.25) is 15.2 Å². The molecular weight excluding hydrogens is 1140 g/mol. The summed E-state index contributed by atoms with van der Waals surface area (Å²) in [6.45, 7) is 105. The number of aromatic amines is 3. The molecule has 0 spiro atoms. The highest BCUT2D eigenvalue weighted by Crippen LogP contribution is 2.39. The highest BCUT2D eigenvalue weighted by Gasteiger charge is 2.31. The van der Waals surface area contributed by atoms with Gasteiger partial charge in [0.1, 0.15) is 0 Å². The molecule has 0 unspecified atom stereocenters. The lowest BCUT2D eigenvalue weighted by Crippen LogP contribution is -2.23. The van der Waals surface area contributed by atoms with E-state index in [0.29, 0.717) is 0 Å². The van der Waals surface area contributed by atoms with Gasteiger partial charge in [-0.05, 0) is 106 Å². The lowest BCUT2D eigenvalue weighted by Gasteiger charge is -2.29. The Hall–Kier alpha value is -4.23. The fraction of sp³-hybridized carbons (Fsp3) is 0.706. The molecule has 0 saturated carbocycles. The zero-order valence-corrected chi connectivity index (χ0v) is 71.6. The van der Waals surface area contributed by atoms with E-state index in [1.807, 2.05) is 125 Å². The summed E-state index contributed by atoms with van der Waals surface area (Å²) in [4.78, 5) is 9.40. The van der Waals surface area contributed by atoms with E-state index in [4.69, 9.17) is 0 Å². The lowest BCUT2D eigenvalue weighted by atomic mass is 9.75. The van der Waals surface area contributed by atoms with Crippen LogP contribution >= 0.6 is 11.3 Å². The molecule has 0 saturated heterocycles. The third-order valence-electron chi connectivity index (χ3n) is 13.7. The zero-order valence-electron chi connectivity index (χ0n) is 70.8. The molecule has 0 radical (unpaired) electrons. The zero-order chi connectivity index (χ0) is 75.1. The molecule has 92 heavy (non-hydrogen) atoms. The van der Waals surface area contributed by atoms with Gasteiger partial charge < -0.3 is 4.98 Å². The molecule has 5 aromatic heterocycles. The summed E-state index contributed by atoms with van der Waals surface area (Å²) < 4.78 is 0. The highest BCUT2D eigenvalue weighted by molar-refractivity contribution is 7.10. The number of H-pyrrole nitrogens is 3. The first-order valence-corrected chi connectivity index (χ1v) is 36.7. The maximum atomic E-state index is 4.52. The average molecular weight is 1300 g/mol. The Balaban J connectivity index is -0.000000233. The average Bonchev–Trinajstić information content (AvgIpc) is 2.01. The lowest BCUT2D eigenvalue weighted by molar-refractivity contribution is 0.514. The van der Waals surface area contributed by atoms with Crippen molar-refractivity contribution < 1.29 is 0 Å². The Kier molecular flexibility index (Phi) is 44.8. The fourth-order valence-electron chi connectivity index (χ4n) is 9.35. The molecule has 0 aliphatic carbocycles. The maximum absolute atomic E-state index is 4.52. The molecule has 6 rings (SSSR count). The van der Waals surface area contributed by atoms with Gasteiger partial charge in [0.15, 0.2) is 0 Å². The minimum absolute atomic E-state index is 0.129. The molecule has 3 N–H and O–H groups in total. The van der Waals surface area contributed by atoms with Crippen molar-refractivity contribution in [3.05, 3.63) is 145 Å². The third kappa shape index (κ3) is 36.6. The van der Waals surface area contributed by atoms with Crippen LogP contribution in [0.5, 0.6) is 0 Å². The predicted molar refractivity (Wildman–Crippen MR) is 425 cm³/mol. The van der Waals surface area contributed by atoms with Crippen molar-refractivity contribution in [1.29, 1.82) is 0 Å². The van der Waals surface area contributed by atoms with E-state index in [1.165, 1.54) is 66.6 Å². The van der Waals surface area contributed by atoms with Gasteiger partial charge in [0.25, 0.3) is 0 Å². The Bertz CT molecular complexity index is 2250. The Morgan fingerprint density at radius 2 is 0.565 bits per heavy atom. The van der Waals surface area contributed by atoms with Crippen molar-refractivity contribution in [2.75, 3.05) is 0 Å². The number of aromatic nitrogens is 6. The number of benzene rings is 1. The number of thiophene rings is 1. The van der Waals surface area contributed by atoms with Crippen LogP contribution in [0.2, 0.25) is 0 Å². The molecule has 7 heteroatoms.